The van der Waals surface area contributed by atoms with E-state index in [0.29, 0.717) is 19.1 Å². The largest absolute Gasteiger partial charge is 0.457 e. The van der Waals surface area contributed by atoms with E-state index in [0.717, 1.165) is 35.7 Å². The van der Waals surface area contributed by atoms with Crippen LogP contribution in [0.4, 0.5) is 4.79 Å². The minimum absolute atomic E-state index is 0.0990. The van der Waals surface area contributed by atoms with Gasteiger partial charge in [-0.25, -0.2) is 4.79 Å². The molecular weight excluding hydrogens is 636 g/mol. The van der Waals surface area contributed by atoms with E-state index in [4.69, 9.17) is 14.2 Å². The molecule has 0 saturated carbocycles. The van der Waals surface area contributed by atoms with Gasteiger partial charge in [0, 0.05) is 37.8 Å². The van der Waals surface area contributed by atoms with Gasteiger partial charge in [0.25, 0.3) is 0 Å². The quantitative estimate of drug-likeness (QED) is 0.0871. The molecule has 0 aliphatic carbocycles. The number of ether oxygens (including phenoxy) is 3. The van der Waals surface area contributed by atoms with E-state index in [1.807, 2.05) is 45.9 Å². The van der Waals surface area contributed by atoms with E-state index in [2.05, 4.69) is 20.0 Å². The Labute approximate surface area is 301 Å². The van der Waals surface area contributed by atoms with Crippen molar-refractivity contribution in [1.82, 2.24) is 4.90 Å². The van der Waals surface area contributed by atoms with Gasteiger partial charge in [0.1, 0.15) is 11.7 Å². The molecular formula is C40H67N2O8+. The molecule has 1 amide bonds. The minimum atomic E-state index is -1.45. The maximum Gasteiger partial charge on any atom is 0.410 e. The summed E-state index contributed by atoms with van der Waals surface area (Å²) in [6.45, 7) is 15.3. The van der Waals surface area contributed by atoms with E-state index >= 15 is 0 Å². The van der Waals surface area contributed by atoms with Gasteiger partial charge < -0.3 is 38.9 Å². The SMILES string of the molecule is CC[C@H](O)[C@@H](C)[C@H]1O[C@@H]1C[C@H](C)/C=C/C=C(\C)[C@H]1OC(=O)C[C@H](O)CC[C@@](C)(O)[C@@H](OC(=O)N2CCC([N+]3(C)CCCCC3)CC2)/C=C/[C@@H]1C. The van der Waals surface area contributed by atoms with Crippen molar-refractivity contribution in [2.75, 3.05) is 33.2 Å². The second-order valence-corrected chi connectivity index (χ2v) is 16.4. The van der Waals surface area contributed by atoms with E-state index in [1.54, 1.807) is 17.9 Å². The number of hydrogen-bond donors (Lipinski definition) is 3. The van der Waals surface area contributed by atoms with Crippen molar-refractivity contribution in [3.63, 3.8) is 0 Å². The molecule has 10 heteroatoms. The first kappa shape index (κ1) is 40.5. The van der Waals surface area contributed by atoms with Gasteiger partial charge in [-0.1, -0.05) is 52.0 Å². The summed E-state index contributed by atoms with van der Waals surface area (Å²) in [5.74, 6) is -0.429. The molecule has 3 fully saturated rings. The maximum atomic E-state index is 13.5. The molecule has 4 heterocycles. The molecule has 3 saturated heterocycles. The highest BCUT2D eigenvalue weighted by Crippen LogP contribution is 2.36. The van der Waals surface area contributed by atoms with E-state index < -0.39 is 36.0 Å². The molecule has 0 radical (unpaired) electrons. The van der Waals surface area contributed by atoms with Crippen LogP contribution < -0.4 is 0 Å². The van der Waals surface area contributed by atoms with Crippen LogP contribution in [0.1, 0.15) is 106 Å². The predicted molar refractivity (Wildman–Crippen MR) is 194 cm³/mol. The number of allylic oxidation sites excluding steroid dienone is 3. The number of piperidine rings is 2. The lowest BCUT2D eigenvalue weighted by Crippen LogP contribution is -2.59. The Kier molecular flexibility index (Phi) is 14.6. The molecule has 3 N–H and O–H groups in total. The van der Waals surface area contributed by atoms with Gasteiger partial charge in [0.05, 0.1) is 57.0 Å². The highest BCUT2D eigenvalue weighted by atomic mass is 16.6. The Morgan fingerprint density at radius 2 is 1.84 bits per heavy atom. The van der Waals surface area contributed by atoms with Gasteiger partial charge in [0.2, 0.25) is 0 Å². The summed E-state index contributed by atoms with van der Waals surface area (Å²) in [6.07, 6.45) is 13.9. The van der Waals surface area contributed by atoms with Crippen LogP contribution in [-0.2, 0) is 19.0 Å². The summed E-state index contributed by atoms with van der Waals surface area (Å²) in [7, 11) is 2.36. The smallest absolute Gasteiger partial charge is 0.410 e. The van der Waals surface area contributed by atoms with Gasteiger partial charge in [-0.2, -0.15) is 0 Å². The number of quaternary nitrogens is 1. The molecule has 0 spiro atoms. The van der Waals surface area contributed by atoms with Crippen LogP contribution in [-0.4, -0.2) is 118 Å². The Balaban J connectivity index is 1.41. The van der Waals surface area contributed by atoms with Crippen LogP contribution in [0.2, 0.25) is 0 Å². The normalized spacial score (nSPS) is 35.7. The lowest BCUT2D eigenvalue weighted by Gasteiger charge is -2.47. The molecule has 284 valence electrons. The van der Waals surface area contributed by atoms with Crippen molar-refractivity contribution in [2.45, 2.75) is 154 Å². The first-order valence-corrected chi connectivity index (χ1v) is 19.4. The highest BCUT2D eigenvalue weighted by molar-refractivity contribution is 5.70. The van der Waals surface area contributed by atoms with Crippen LogP contribution >= 0.6 is 0 Å². The number of rotatable bonds is 10. The molecule has 10 nitrogen and oxygen atoms in total. The highest BCUT2D eigenvalue weighted by Gasteiger charge is 2.45. The molecule has 0 unspecified atom stereocenters. The number of cyclic esters (lactones) is 1. The lowest BCUT2D eigenvalue weighted by molar-refractivity contribution is -0.938. The molecule has 10 atom stereocenters. The van der Waals surface area contributed by atoms with Crippen LogP contribution in [0.5, 0.6) is 0 Å². The fourth-order valence-corrected chi connectivity index (χ4v) is 8.24. The number of carbonyl (C=O) groups is 2. The number of aliphatic hydroxyl groups excluding tert-OH is 2. The van der Waals surface area contributed by atoms with Gasteiger partial charge in [0.15, 0.2) is 6.10 Å². The van der Waals surface area contributed by atoms with Gasteiger partial charge in [-0.3, -0.25) is 4.79 Å². The third kappa shape index (κ3) is 11.1. The molecule has 50 heavy (non-hydrogen) atoms. The average molecular weight is 704 g/mol. The molecule has 4 aliphatic heterocycles. The third-order valence-electron chi connectivity index (χ3n) is 12.0. The number of esters is 1. The van der Waals surface area contributed by atoms with Crippen LogP contribution in [0.3, 0.4) is 0 Å². The van der Waals surface area contributed by atoms with Crippen molar-refractivity contribution >= 4 is 12.1 Å². The summed E-state index contributed by atoms with van der Waals surface area (Å²) in [4.78, 5) is 28.2. The Bertz CT molecular complexity index is 1200. The van der Waals surface area contributed by atoms with Crippen LogP contribution in [0.15, 0.2) is 36.0 Å². The fourth-order valence-electron chi connectivity index (χ4n) is 8.24. The summed E-state index contributed by atoms with van der Waals surface area (Å²) >= 11 is 0. The third-order valence-corrected chi connectivity index (χ3v) is 12.0. The van der Waals surface area contributed by atoms with Crippen molar-refractivity contribution in [3.8, 4) is 0 Å². The number of nitrogens with zero attached hydrogens (tertiary/aromatic N) is 2. The zero-order valence-corrected chi connectivity index (χ0v) is 31.8. The molecule has 0 aromatic carbocycles. The lowest BCUT2D eigenvalue weighted by atomic mass is 9.88. The zero-order chi connectivity index (χ0) is 36.6. The standard InChI is InChI=1S/C40H67N2O8/c1-8-33(44)30(5)38-34(48-38)25-27(2)13-12-14-28(3)37-29(4)15-16-35(40(6,47)20-17-32(43)26-36(45)50-37)49-39(46)41-21-18-31(19-22-41)42(7)23-10-9-11-24-42/h12-16,27,29-35,37-38,43-44,47H,8-11,17-26H2,1-7H3/q+1/b13-12+,16-15+,28-14+/t27-,29+,30-,32-,33+,34-,35+,37-,38-,40-/m1/s1. The zero-order valence-electron chi connectivity index (χ0n) is 31.8. The van der Waals surface area contributed by atoms with Crippen molar-refractivity contribution in [1.29, 1.82) is 0 Å². The van der Waals surface area contributed by atoms with Crippen molar-refractivity contribution in [2.24, 2.45) is 17.8 Å². The minimum Gasteiger partial charge on any atom is -0.457 e. The summed E-state index contributed by atoms with van der Waals surface area (Å²) in [6, 6.07) is 0.550. The van der Waals surface area contributed by atoms with E-state index in [9.17, 15) is 24.9 Å². The first-order valence-electron chi connectivity index (χ1n) is 19.4. The van der Waals surface area contributed by atoms with E-state index in [-0.39, 0.29) is 55.3 Å². The Hall–Kier alpha value is -2.24. The number of aliphatic hydroxyl groups is 3. The predicted octanol–water partition coefficient (Wildman–Crippen LogP) is 5.69. The Morgan fingerprint density at radius 3 is 2.50 bits per heavy atom. The number of likely N-dealkylation sites (tertiary alicyclic amines) is 2. The second kappa shape index (κ2) is 18.0. The fraction of sp³-hybridized carbons (Fsp3) is 0.800. The molecule has 0 bridgehead atoms. The summed E-state index contributed by atoms with van der Waals surface area (Å²) in [5.41, 5.74) is -0.615. The second-order valence-electron chi connectivity index (χ2n) is 16.4. The number of amides is 1. The first-order chi connectivity index (χ1) is 23.6. The van der Waals surface area contributed by atoms with Crippen molar-refractivity contribution in [3.05, 3.63) is 36.0 Å². The number of epoxide rings is 1. The molecule has 4 aliphatic rings. The van der Waals surface area contributed by atoms with Crippen LogP contribution in [0, 0.1) is 17.8 Å². The van der Waals surface area contributed by atoms with Gasteiger partial charge >= 0.3 is 12.1 Å². The number of carbonyl (C=O) groups excluding carboxylic acids is 2. The Morgan fingerprint density at radius 1 is 1.16 bits per heavy atom. The van der Waals surface area contributed by atoms with Crippen LogP contribution in [0.25, 0.3) is 0 Å². The monoisotopic (exact) mass is 703 g/mol. The van der Waals surface area contributed by atoms with Gasteiger partial charge in [-0.05, 0) is 76.4 Å². The molecule has 0 aromatic heterocycles. The summed E-state index contributed by atoms with van der Waals surface area (Å²) < 4.78 is 18.9. The molecule has 0 aromatic rings. The average Bonchev–Trinajstić information content (AvgIpc) is 3.85. The topological polar surface area (TPSA) is 129 Å². The van der Waals surface area contributed by atoms with E-state index in [1.165, 1.54) is 32.4 Å². The van der Waals surface area contributed by atoms with Crippen molar-refractivity contribution < 1.29 is 43.6 Å². The number of hydrogen-bond acceptors (Lipinski definition) is 8. The maximum absolute atomic E-state index is 13.5. The van der Waals surface area contributed by atoms with Gasteiger partial charge in [-0.15, -0.1) is 0 Å². The molecule has 4 rings (SSSR count). The summed E-state index contributed by atoms with van der Waals surface area (Å²) in [5, 5.41) is 32.4.